The number of aryl methyl sites for hydroxylation is 1. The Balaban J connectivity index is 1.77. The summed E-state index contributed by atoms with van der Waals surface area (Å²) in [5.41, 5.74) is 0.248. The highest BCUT2D eigenvalue weighted by atomic mass is 35.5. The molecule has 0 radical (unpaired) electrons. The average molecular weight is 490 g/mol. The predicted octanol–water partition coefficient (Wildman–Crippen LogP) is 4.16. The summed E-state index contributed by atoms with van der Waals surface area (Å²) in [6, 6.07) is 4.39. The van der Waals surface area contributed by atoms with Gasteiger partial charge in [-0.15, -0.1) is 13.2 Å². The van der Waals surface area contributed by atoms with Gasteiger partial charge < -0.3 is 10.4 Å². The number of ether oxygens (including phenoxy) is 1. The molecule has 1 saturated carbocycles. The maximum Gasteiger partial charge on any atom is 0.522 e. The molecule has 182 valence electrons. The fourth-order valence-electron chi connectivity index (χ4n) is 4.10. The summed E-state index contributed by atoms with van der Waals surface area (Å²) in [7, 11) is 0. The van der Waals surface area contributed by atoms with E-state index in [0.717, 1.165) is 43.1 Å². The number of amides is 1. The average Bonchev–Trinajstić information content (AvgIpc) is 2.92. The highest BCUT2D eigenvalue weighted by molar-refractivity contribution is 6.33. The quantitative estimate of drug-likeness (QED) is 0.452. The van der Waals surface area contributed by atoms with Crippen molar-refractivity contribution in [1.82, 2.24) is 14.5 Å². The highest BCUT2D eigenvalue weighted by Crippen LogP contribution is 2.26. The molecule has 3 rings (SSSR count). The number of nitrogens with one attached hydrogen (secondary N) is 1. The van der Waals surface area contributed by atoms with E-state index in [9.17, 15) is 27.9 Å². The summed E-state index contributed by atoms with van der Waals surface area (Å²) in [4.78, 5) is 25.6. The van der Waals surface area contributed by atoms with Crippen LogP contribution >= 0.6 is 11.6 Å². The van der Waals surface area contributed by atoms with E-state index < -0.39 is 30.8 Å². The first kappa shape index (κ1) is 25.3. The number of carbonyl (C=O) groups is 1. The zero-order valence-corrected chi connectivity index (χ0v) is 19.0. The molecule has 1 aromatic carbocycles. The summed E-state index contributed by atoms with van der Waals surface area (Å²) >= 11 is 6.20. The summed E-state index contributed by atoms with van der Waals surface area (Å²) in [5.74, 6) is -0.599. The van der Waals surface area contributed by atoms with Crippen LogP contribution in [0.3, 0.4) is 0 Å². The first-order valence-corrected chi connectivity index (χ1v) is 11.2. The second kappa shape index (κ2) is 10.8. The Morgan fingerprint density at radius 3 is 2.58 bits per heavy atom. The minimum Gasteiger partial charge on any atom is -0.373 e. The van der Waals surface area contributed by atoms with Crippen molar-refractivity contribution in [2.75, 3.05) is 6.61 Å². The standard InChI is InChI=1S/C22H27ClF3N3O4/c1-14-13-29(21(32)28(14)10-11-33-22(24,25)26)16-8-9-18(23)17(12-16)20(31)27-19(30)15-6-4-2-3-5-7-15/h8-9,12-13,15,19,30H,2-7,10-11H2,1H3,(H,27,31). The number of aromatic nitrogens is 2. The fourth-order valence-corrected chi connectivity index (χ4v) is 4.30. The molecule has 33 heavy (non-hydrogen) atoms. The largest absolute Gasteiger partial charge is 0.522 e. The molecule has 2 N–H and O–H groups in total. The number of rotatable bonds is 7. The Morgan fingerprint density at radius 2 is 1.94 bits per heavy atom. The van der Waals surface area contributed by atoms with Crippen molar-refractivity contribution in [3.05, 3.63) is 51.2 Å². The Morgan fingerprint density at radius 1 is 1.27 bits per heavy atom. The molecule has 1 atom stereocenters. The Bertz CT molecular complexity index is 1030. The number of hydrogen-bond donors (Lipinski definition) is 2. The van der Waals surface area contributed by atoms with Gasteiger partial charge in [0.15, 0.2) is 0 Å². The van der Waals surface area contributed by atoms with Crippen LogP contribution in [-0.4, -0.2) is 39.3 Å². The molecule has 1 heterocycles. The molecule has 1 fully saturated rings. The van der Waals surface area contributed by atoms with Crippen molar-refractivity contribution >= 4 is 17.5 Å². The van der Waals surface area contributed by atoms with Gasteiger partial charge in [0.1, 0.15) is 6.23 Å². The van der Waals surface area contributed by atoms with E-state index in [1.807, 2.05) is 0 Å². The van der Waals surface area contributed by atoms with Crippen LogP contribution in [0.1, 0.15) is 54.6 Å². The molecule has 1 aromatic heterocycles. The normalized spacial score (nSPS) is 16.4. The van der Waals surface area contributed by atoms with E-state index in [0.29, 0.717) is 11.4 Å². The van der Waals surface area contributed by atoms with Crippen molar-refractivity contribution in [1.29, 1.82) is 0 Å². The topological polar surface area (TPSA) is 85.5 Å². The molecule has 0 aliphatic heterocycles. The molecule has 1 aliphatic carbocycles. The number of aliphatic hydroxyl groups is 1. The van der Waals surface area contributed by atoms with Gasteiger partial charge in [0.2, 0.25) is 0 Å². The SMILES string of the molecule is Cc1cn(-c2ccc(Cl)c(C(=O)NC(O)C3CCCCCC3)c2)c(=O)n1CCOC(F)(F)F. The number of halogens is 4. The van der Waals surface area contributed by atoms with Crippen LogP contribution in [0.15, 0.2) is 29.2 Å². The number of aliphatic hydroxyl groups excluding tert-OH is 1. The molecule has 2 aromatic rings. The third-order valence-electron chi connectivity index (χ3n) is 5.86. The van der Waals surface area contributed by atoms with Gasteiger partial charge >= 0.3 is 12.1 Å². The molecule has 11 heteroatoms. The van der Waals surface area contributed by atoms with Crippen LogP contribution in [0, 0.1) is 12.8 Å². The van der Waals surface area contributed by atoms with E-state index in [1.165, 1.54) is 29.0 Å². The number of alkyl halides is 3. The van der Waals surface area contributed by atoms with E-state index in [2.05, 4.69) is 10.1 Å². The lowest BCUT2D eigenvalue weighted by molar-refractivity contribution is -0.325. The second-order valence-electron chi connectivity index (χ2n) is 8.20. The Labute approximate surface area is 194 Å². The smallest absolute Gasteiger partial charge is 0.373 e. The van der Waals surface area contributed by atoms with E-state index >= 15 is 0 Å². The monoisotopic (exact) mass is 489 g/mol. The third-order valence-corrected chi connectivity index (χ3v) is 6.19. The number of nitrogens with zero attached hydrogens (tertiary/aromatic N) is 2. The lowest BCUT2D eigenvalue weighted by Crippen LogP contribution is -2.40. The van der Waals surface area contributed by atoms with Gasteiger partial charge in [0.05, 0.1) is 29.4 Å². The number of benzene rings is 1. The van der Waals surface area contributed by atoms with Crippen LogP contribution < -0.4 is 11.0 Å². The summed E-state index contributed by atoms with van der Waals surface area (Å²) in [6.07, 6.45) is 1.56. The summed E-state index contributed by atoms with van der Waals surface area (Å²) in [6.45, 7) is 0.589. The van der Waals surface area contributed by atoms with Crippen LogP contribution in [-0.2, 0) is 11.3 Å². The van der Waals surface area contributed by atoms with Gasteiger partial charge in [0, 0.05) is 17.8 Å². The predicted molar refractivity (Wildman–Crippen MR) is 116 cm³/mol. The minimum absolute atomic E-state index is 0.0309. The molecule has 1 amide bonds. The van der Waals surface area contributed by atoms with Crippen LogP contribution in [0.5, 0.6) is 0 Å². The van der Waals surface area contributed by atoms with Crippen molar-refractivity contribution < 1.29 is 27.8 Å². The van der Waals surface area contributed by atoms with Crippen molar-refractivity contribution in [2.45, 2.75) is 64.6 Å². The first-order chi connectivity index (χ1) is 15.6. The lowest BCUT2D eigenvalue weighted by Gasteiger charge is -2.22. The molecule has 1 aliphatic rings. The van der Waals surface area contributed by atoms with Crippen molar-refractivity contribution in [3.8, 4) is 5.69 Å². The molecule has 1 unspecified atom stereocenters. The Kier molecular flexibility index (Phi) is 8.25. The molecular weight excluding hydrogens is 463 g/mol. The lowest BCUT2D eigenvalue weighted by atomic mass is 9.98. The maximum atomic E-state index is 12.8. The first-order valence-electron chi connectivity index (χ1n) is 10.8. The Hall–Kier alpha value is -2.30. The van der Waals surface area contributed by atoms with E-state index in [-0.39, 0.29) is 23.0 Å². The van der Waals surface area contributed by atoms with Crippen molar-refractivity contribution in [2.24, 2.45) is 5.92 Å². The van der Waals surface area contributed by atoms with Gasteiger partial charge in [-0.25, -0.2) is 4.79 Å². The molecule has 0 saturated heterocycles. The number of carbonyl (C=O) groups excluding carboxylic acids is 1. The zero-order chi connectivity index (χ0) is 24.2. The number of hydrogen-bond acceptors (Lipinski definition) is 4. The van der Waals surface area contributed by atoms with Gasteiger partial charge in [-0.3, -0.25) is 18.7 Å². The van der Waals surface area contributed by atoms with E-state index in [4.69, 9.17) is 11.6 Å². The maximum absolute atomic E-state index is 12.8. The third kappa shape index (κ3) is 6.61. The highest BCUT2D eigenvalue weighted by Gasteiger charge is 2.29. The number of imidazole rings is 1. The summed E-state index contributed by atoms with van der Waals surface area (Å²) < 4.78 is 42.8. The molecule has 0 bridgehead atoms. The van der Waals surface area contributed by atoms with Crippen LogP contribution in [0.25, 0.3) is 5.69 Å². The fraction of sp³-hybridized carbons (Fsp3) is 0.545. The molecular formula is C22H27ClF3N3O4. The summed E-state index contributed by atoms with van der Waals surface area (Å²) in [5, 5.41) is 13.3. The second-order valence-corrected chi connectivity index (χ2v) is 8.61. The van der Waals surface area contributed by atoms with Gasteiger partial charge in [0.25, 0.3) is 5.91 Å². The molecule has 0 spiro atoms. The van der Waals surface area contributed by atoms with Crippen LogP contribution in [0.4, 0.5) is 13.2 Å². The van der Waals surface area contributed by atoms with Gasteiger partial charge in [-0.1, -0.05) is 37.3 Å². The van der Waals surface area contributed by atoms with Gasteiger partial charge in [-0.2, -0.15) is 0 Å². The van der Waals surface area contributed by atoms with Crippen LogP contribution in [0.2, 0.25) is 5.02 Å². The molecule has 7 nitrogen and oxygen atoms in total. The van der Waals surface area contributed by atoms with Gasteiger partial charge in [-0.05, 0) is 38.0 Å². The zero-order valence-electron chi connectivity index (χ0n) is 18.2. The van der Waals surface area contributed by atoms with Crippen molar-refractivity contribution in [3.63, 3.8) is 0 Å². The van der Waals surface area contributed by atoms with E-state index in [1.54, 1.807) is 6.92 Å². The minimum atomic E-state index is -4.78.